The molecule has 36 heavy (non-hydrogen) atoms. The second-order valence-corrected chi connectivity index (χ2v) is 8.84. The summed E-state index contributed by atoms with van der Waals surface area (Å²) in [7, 11) is 0. The zero-order chi connectivity index (χ0) is 24.8. The lowest BCUT2D eigenvalue weighted by molar-refractivity contribution is 0.0939. The Bertz CT molecular complexity index is 1840. The molecular formula is C29H23N5O2. The first-order valence-corrected chi connectivity index (χ1v) is 11.8. The van der Waals surface area contributed by atoms with Crippen molar-refractivity contribution in [2.45, 2.75) is 19.9 Å². The van der Waals surface area contributed by atoms with Crippen molar-refractivity contribution < 1.29 is 4.79 Å². The monoisotopic (exact) mass is 473 g/mol. The van der Waals surface area contributed by atoms with Crippen LogP contribution in [0.15, 0.2) is 96.1 Å². The first-order valence-electron chi connectivity index (χ1n) is 11.8. The molecule has 7 heteroatoms. The maximum absolute atomic E-state index is 14.0. The third kappa shape index (κ3) is 3.44. The van der Waals surface area contributed by atoms with Crippen molar-refractivity contribution in [2.24, 2.45) is 0 Å². The summed E-state index contributed by atoms with van der Waals surface area (Å²) in [5.41, 5.74) is 2.80. The summed E-state index contributed by atoms with van der Waals surface area (Å²) in [6, 6.07) is 24.7. The van der Waals surface area contributed by atoms with E-state index in [2.05, 4.69) is 15.4 Å². The number of carbonyl (C=O) groups is 1. The first-order chi connectivity index (χ1) is 17.5. The normalized spacial score (nSPS) is 12.3. The van der Waals surface area contributed by atoms with E-state index in [0.29, 0.717) is 28.0 Å². The summed E-state index contributed by atoms with van der Waals surface area (Å²) >= 11 is 0. The first kappa shape index (κ1) is 21.7. The van der Waals surface area contributed by atoms with Gasteiger partial charge in [0.1, 0.15) is 5.56 Å². The van der Waals surface area contributed by atoms with Gasteiger partial charge < -0.3 is 5.32 Å². The Hall–Kier alpha value is -4.78. The summed E-state index contributed by atoms with van der Waals surface area (Å²) in [5, 5.41) is 10.9. The predicted octanol–water partition coefficient (Wildman–Crippen LogP) is 4.99. The number of aromatic nitrogens is 4. The number of nitrogens with zero attached hydrogens (tertiary/aromatic N) is 4. The van der Waals surface area contributed by atoms with Crippen LogP contribution in [0.25, 0.3) is 32.9 Å². The molecule has 1 N–H and O–H groups in total. The van der Waals surface area contributed by atoms with Gasteiger partial charge in [-0.25, -0.2) is 9.50 Å². The predicted molar refractivity (Wildman–Crippen MR) is 141 cm³/mol. The van der Waals surface area contributed by atoms with E-state index in [1.54, 1.807) is 34.5 Å². The molecule has 3 heterocycles. The minimum atomic E-state index is -0.473. The summed E-state index contributed by atoms with van der Waals surface area (Å²) in [6.07, 6.45) is 3.40. The van der Waals surface area contributed by atoms with E-state index in [0.717, 1.165) is 21.8 Å². The van der Waals surface area contributed by atoms with E-state index in [1.807, 2.05) is 79.7 Å². The Morgan fingerprint density at radius 3 is 2.53 bits per heavy atom. The van der Waals surface area contributed by atoms with E-state index in [-0.39, 0.29) is 11.5 Å². The van der Waals surface area contributed by atoms with Crippen molar-refractivity contribution in [2.75, 3.05) is 0 Å². The second-order valence-electron chi connectivity index (χ2n) is 8.84. The Balaban J connectivity index is 1.52. The molecule has 3 aromatic heterocycles. The fourth-order valence-corrected chi connectivity index (χ4v) is 4.87. The van der Waals surface area contributed by atoms with Gasteiger partial charge in [0, 0.05) is 23.8 Å². The van der Waals surface area contributed by atoms with Gasteiger partial charge >= 0.3 is 0 Å². The second kappa shape index (κ2) is 8.46. The minimum Gasteiger partial charge on any atom is -0.344 e. The van der Waals surface area contributed by atoms with Crippen molar-refractivity contribution in [1.82, 2.24) is 24.5 Å². The molecule has 0 saturated heterocycles. The third-order valence-corrected chi connectivity index (χ3v) is 6.54. The number of hydrogen-bond donors (Lipinski definition) is 1. The van der Waals surface area contributed by atoms with Crippen molar-refractivity contribution in [3.63, 3.8) is 0 Å². The van der Waals surface area contributed by atoms with Gasteiger partial charge in [0.25, 0.3) is 11.5 Å². The molecule has 1 amide bonds. The van der Waals surface area contributed by atoms with Crippen LogP contribution in [-0.4, -0.2) is 25.1 Å². The fourth-order valence-electron chi connectivity index (χ4n) is 4.87. The third-order valence-electron chi connectivity index (χ3n) is 6.54. The van der Waals surface area contributed by atoms with Gasteiger partial charge in [-0.3, -0.25) is 14.2 Å². The molecule has 0 bridgehead atoms. The molecule has 0 saturated carbocycles. The van der Waals surface area contributed by atoms with Gasteiger partial charge in [0.05, 0.1) is 17.1 Å². The SMILES string of the molecule is Cc1nn2cccnc2c1C(=O)NC(C)c1cc2ccc3ccccc3c2c(=O)n1-c1ccccc1. The van der Waals surface area contributed by atoms with Crippen LogP contribution in [0.4, 0.5) is 0 Å². The molecular weight excluding hydrogens is 450 g/mol. The molecule has 7 nitrogen and oxygen atoms in total. The zero-order valence-electron chi connectivity index (χ0n) is 19.8. The van der Waals surface area contributed by atoms with Crippen LogP contribution < -0.4 is 10.9 Å². The highest BCUT2D eigenvalue weighted by molar-refractivity contribution is 6.07. The van der Waals surface area contributed by atoms with E-state index >= 15 is 0 Å². The summed E-state index contributed by atoms with van der Waals surface area (Å²) in [4.78, 5) is 31.8. The molecule has 0 spiro atoms. The Morgan fingerprint density at radius 1 is 0.944 bits per heavy atom. The van der Waals surface area contributed by atoms with Gasteiger partial charge in [0.2, 0.25) is 0 Å². The smallest absolute Gasteiger partial charge is 0.263 e. The lowest BCUT2D eigenvalue weighted by atomic mass is 10.0. The van der Waals surface area contributed by atoms with Crippen LogP contribution in [0.2, 0.25) is 0 Å². The van der Waals surface area contributed by atoms with E-state index in [4.69, 9.17) is 0 Å². The number of amides is 1. The van der Waals surface area contributed by atoms with Crippen LogP contribution in [0.1, 0.15) is 34.7 Å². The number of carbonyl (C=O) groups excluding carboxylic acids is 1. The molecule has 176 valence electrons. The molecule has 0 fully saturated rings. The highest BCUT2D eigenvalue weighted by Crippen LogP contribution is 2.27. The van der Waals surface area contributed by atoms with Crippen LogP contribution in [0, 0.1) is 6.92 Å². The number of aryl methyl sites for hydroxylation is 1. The molecule has 6 aromatic rings. The molecule has 3 aromatic carbocycles. The van der Waals surface area contributed by atoms with Crippen molar-refractivity contribution in [3.05, 3.63) is 119 Å². The molecule has 0 aliphatic heterocycles. The van der Waals surface area contributed by atoms with Crippen LogP contribution in [0.5, 0.6) is 0 Å². The molecule has 1 atom stereocenters. The Kier molecular flexibility index (Phi) is 5.11. The standard InChI is InChI=1S/C29H23N5O2/c1-18(31-28(35)25-19(2)32-33-16-8-15-30-27(25)33)24-17-21-14-13-20-9-6-7-12-23(20)26(21)29(36)34(24)22-10-4-3-5-11-22/h3-18H,1-2H3,(H,31,35). The lowest BCUT2D eigenvalue weighted by Gasteiger charge is -2.21. The van der Waals surface area contributed by atoms with Crippen molar-refractivity contribution >= 4 is 33.1 Å². The lowest BCUT2D eigenvalue weighted by Crippen LogP contribution is -2.32. The van der Waals surface area contributed by atoms with E-state index in [9.17, 15) is 9.59 Å². The Labute approximate surface area is 206 Å². The zero-order valence-corrected chi connectivity index (χ0v) is 19.8. The van der Waals surface area contributed by atoms with Gasteiger partial charge in [0.15, 0.2) is 5.65 Å². The number of rotatable bonds is 4. The van der Waals surface area contributed by atoms with Crippen molar-refractivity contribution in [1.29, 1.82) is 0 Å². The number of fused-ring (bicyclic) bond motifs is 4. The van der Waals surface area contributed by atoms with Gasteiger partial charge in [-0.2, -0.15) is 5.10 Å². The molecule has 6 rings (SSSR count). The van der Waals surface area contributed by atoms with Crippen LogP contribution >= 0.6 is 0 Å². The van der Waals surface area contributed by atoms with Crippen LogP contribution in [-0.2, 0) is 0 Å². The molecule has 0 aliphatic carbocycles. The summed E-state index contributed by atoms with van der Waals surface area (Å²) < 4.78 is 3.29. The average Bonchev–Trinajstić information content (AvgIpc) is 3.24. The maximum atomic E-state index is 14.0. The number of nitrogens with one attached hydrogen (secondary N) is 1. The quantitative estimate of drug-likeness (QED) is 0.366. The van der Waals surface area contributed by atoms with Gasteiger partial charge in [-0.15, -0.1) is 0 Å². The highest BCUT2D eigenvalue weighted by Gasteiger charge is 2.23. The minimum absolute atomic E-state index is 0.125. The number of benzene rings is 3. The highest BCUT2D eigenvalue weighted by atomic mass is 16.2. The van der Waals surface area contributed by atoms with Crippen molar-refractivity contribution in [3.8, 4) is 5.69 Å². The van der Waals surface area contributed by atoms with E-state index < -0.39 is 6.04 Å². The average molecular weight is 474 g/mol. The number of hydrogen-bond acceptors (Lipinski definition) is 4. The fraction of sp³-hybridized carbons (Fsp3) is 0.103. The molecule has 0 radical (unpaired) electrons. The van der Waals surface area contributed by atoms with E-state index in [1.165, 1.54) is 0 Å². The van der Waals surface area contributed by atoms with Crippen LogP contribution in [0.3, 0.4) is 0 Å². The molecule has 1 unspecified atom stereocenters. The number of pyridine rings is 1. The largest absolute Gasteiger partial charge is 0.344 e. The maximum Gasteiger partial charge on any atom is 0.263 e. The van der Waals surface area contributed by atoms with Gasteiger partial charge in [-0.1, -0.05) is 54.6 Å². The summed E-state index contributed by atoms with van der Waals surface area (Å²) in [5.74, 6) is -0.292. The topological polar surface area (TPSA) is 81.3 Å². The number of para-hydroxylation sites is 1. The molecule has 0 aliphatic rings. The Morgan fingerprint density at radius 2 is 1.69 bits per heavy atom. The van der Waals surface area contributed by atoms with Gasteiger partial charge in [-0.05, 0) is 54.3 Å². The summed E-state index contributed by atoms with van der Waals surface area (Å²) in [6.45, 7) is 3.67.